The largest absolute Gasteiger partial charge is 0.354 e. The predicted octanol–water partition coefficient (Wildman–Crippen LogP) is 5.91. The van der Waals surface area contributed by atoms with Crippen molar-refractivity contribution >= 4 is 46.6 Å². The van der Waals surface area contributed by atoms with Gasteiger partial charge in [0.05, 0.1) is 6.42 Å². The van der Waals surface area contributed by atoms with Gasteiger partial charge >= 0.3 is 0 Å². The van der Waals surface area contributed by atoms with Gasteiger partial charge in [-0.3, -0.25) is 9.59 Å². The minimum atomic E-state index is -0.608. The van der Waals surface area contributed by atoms with E-state index in [-0.39, 0.29) is 24.8 Å². The molecular formula is C23H27Cl3N2O2. The summed E-state index contributed by atoms with van der Waals surface area (Å²) < 4.78 is 0. The fourth-order valence-electron chi connectivity index (χ4n) is 3.17. The maximum atomic E-state index is 13.3. The van der Waals surface area contributed by atoms with E-state index in [4.69, 9.17) is 34.8 Å². The molecule has 1 N–H and O–H groups in total. The molecule has 0 aliphatic rings. The van der Waals surface area contributed by atoms with E-state index in [0.717, 1.165) is 24.0 Å². The van der Waals surface area contributed by atoms with Crippen LogP contribution in [0.25, 0.3) is 0 Å². The lowest BCUT2D eigenvalue weighted by atomic mass is 10.1. The highest BCUT2D eigenvalue weighted by molar-refractivity contribution is 6.35. The lowest BCUT2D eigenvalue weighted by Crippen LogP contribution is -2.49. The third-order valence-corrected chi connectivity index (χ3v) is 5.83. The molecule has 0 aliphatic carbocycles. The molecule has 0 fully saturated rings. The molecule has 30 heavy (non-hydrogen) atoms. The second kappa shape index (κ2) is 12.2. The highest BCUT2D eigenvalue weighted by Gasteiger charge is 2.29. The van der Waals surface area contributed by atoms with Crippen molar-refractivity contribution in [2.75, 3.05) is 6.54 Å². The quantitative estimate of drug-likeness (QED) is 0.440. The zero-order chi connectivity index (χ0) is 22.1. The van der Waals surface area contributed by atoms with Crippen LogP contribution in [0.5, 0.6) is 0 Å². The number of carbonyl (C=O) groups is 2. The molecule has 0 heterocycles. The third-order valence-electron chi connectivity index (χ3n) is 4.87. The summed E-state index contributed by atoms with van der Waals surface area (Å²) in [5.74, 6) is -0.352. The predicted molar refractivity (Wildman–Crippen MR) is 124 cm³/mol. The molecule has 0 aromatic heterocycles. The number of nitrogens with zero attached hydrogens (tertiary/aromatic N) is 1. The minimum Gasteiger partial charge on any atom is -0.354 e. The first kappa shape index (κ1) is 24.5. The highest BCUT2D eigenvalue weighted by Crippen LogP contribution is 2.25. The molecule has 0 bridgehead atoms. The number of amides is 2. The zero-order valence-corrected chi connectivity index (χ0v) is 19.5. The van der Waals surface area contributed by atoms with E-state index >= 15 is 0 Å². The summed E-state index contributed by atoms with van der Waals surface area (Å²) in [6, 6.07) is 11.8. The number of hydrogen-bond acceptors (Lipinski definition) is 2. The van der Waals surface area contributed by atoms with Crippen LogP contribution >= 0.6 is 34.8 Å². The Morgan fingerprint density at radius 2 is 1.73 bits per heavy atom. The summed E-state index contributed by atoms with van der Waals surface area (Å²) in [7, 11) is 0. The van der Waals surface area contributed by atoms with Gasteiger partial charge in [-0.25, -0.2) is 0 Å². The van der Waals surface area contributed by atoms with Crippen LogP contribution in [0.3, 0.4) is 0 Å². The molecule has 0 spiro atoms. The molecule has 2 aromatic carbocycles. The smallest absolute Gasteiger partial charge is 0.242 e. The second-order valence-electron chi connectivity index (χ2n) is 7.09. The standard InChI is InChI=1S/C23H27Cl3N2O2/c1-3-5-12-27-23(30)21(4-2)28(15-17-10-11-18(24)14-20(17)26)22(29)13-16-8-6-7-9-19(16)25/h6-11,14,21H,3-5,12-13,15H2,1-2H3,(H,27,30). The van der Waals surface area contributed by atoms with E-state index in [9.17, 15) is 9.59 Å². The van der Waals surface area contributed by atoms with Crippen LogP contribution < -0.4 is 5.32 Å². The van der Waals surface area contributed by atoms with E-state index in [1.165, 1.54) is 0 Å². The van der Waals surface area contributed by atoms with Crippen molar-refractivity contribution in [1.82, 2.24) is 10.2 Å². The maximum absolute atomic E-state index is 13.3. The molecule has 0 saturated heterocycles. The van der Waals surface area contributed by atoms with E-state index in [0.29, 0.717) is 28.0 Å². The average Bonchev–Trinajstić information content (AvgIpc) is 2.71. The van der Waals surface area contributed by atoms with E-state index < -0.39 is 6.04 Å². The number of hydrogen-bond donors (Lipinski definition) is 1. The van der Waals surface area contributed by atoms with Crippen LogP contribution in [0.4, 0.5) is 0 Å². The second-order valence-corrected chi connectivity index (χ2v) is 8.35. The molecular weight excluding hydrogens is 443 g/mol. The van der Waals surface area contributed by atoms with Gasteiger partial charge in [-0.05, 0) is 42.2 Å². The van der Waals surface area contributed by atoms with Crippen molar-refractivity contribution < 1.29 is 9.59 Å². The Balaban J connectivity index is 2.30. The van der Waals surface area contributed by atoms with Crippen LogP contribution in [-0.4, -0.2) is 29.3 Å². The fraction of sp³-hybridized carbons (Fsp3) is 0.391. The van der Waals surface area contributed by atoms with Crippen molar-refractivity contribution in [3.8, 4) is 0 Å². The van der Waals surface area contributed by atoms with Gasteiger partial charge in [0.15, 0.2) is 0 Å². The highest BCUT2D eigenvalue weighted by atomic mass is 35.5. The lowest BCUT2D eigenvalue weighted by molar-refractivity contribution is -0.140. The summed E-state index contributed by atoms with van der Waals surface area (Å²) in [5, 5.41) is 4.44. The SMILES string of the molecule is CCCCNC(=O)C(CC)N(Cc1ccc(Cl)cc1Cl)C(=O)Cc1ccccc1Cl. The minimum absolute atomic E-state index is 0.101. The van der Waals surface area contributed by atoms with E-state index in [1.807, 2.05) is 25.1 Å². The maximum Gasteiger partial charge on any atom is 0.242 e. The molecule has 2 rings (SSSR count). The molecule has 7 heteroatoms. The Hall–Kier alpha value is -1.75. The molecule has 1 unspecified atom stereocenters. The van der Waals surface area contributed by atoms with Crippen LogP contribution in [-0.2, 0) is 22.6 Å². The number of nitrogens with one attached hydrogen (secondary N) is 1. The van der Waals surface area contributed by atoms with Crippen LogP contribution in [0.2, 0.25) is 15.1 Å². The van der Waals surface area contributed by atoms with Crippen molar-refractivity contribution in [3.05, 3.63) is 68.7 Å². The summed E-state index contributed by atoms with van der Waals surface area (Å²) >= 11 is 18.6. The molecule has 162 valence electrons. The number of halogens is 3. The number of carbonyl (C=O) groups excluding carboxylic acids is 2. The normalized spacial score (nSPS) is 11.8. The average molecular weight is 470 g/mol. The van der Waals surface area contributed by atoms with Crippen molar-refractivity contribution in [1.29, 1.82) is 0 Å². The molecule has 2 aromatic rings. The third kappa shape index (κ3) is 6.90. The van der Waals surface area contributed by atoms with E-state index in [2.05, 4.69) is 12.2 Å². The van der Waals surface area contributed by atoms with Gasteiger partial charge in [0.1, 0.15) is 6.04 Å². The van der Waals surface area contributed by atoms with Gasteiger partial charge in [0, 0.05) is 28.2 Å². The summed E-state index contributed by atoms with van der Waals surface area (Å²) in [6.45, 7) is 4.74. The molecule has 4 nitrogen and oxygen atoms in total. The topological polar surface area (TPSA) is 49.4 Å². The number of benzene rings is 2. The Morgan fingerprint density at radius 1 is 1.00 bits per heavy atom. The molecule has 1 atom stereocenters. The Labute approximate surface area is 193 Å². The van der Waals surface area contributed by atoms with Crippen LogP contribution in [0.15, 0.2) is 42.5 Å². The van der Waals surface area contributed by atoms with Gasteiger partial charge in [-0.15, -0.1) is 0 Å². The van der Waals surface area contributed by atoms with Crippen molar-refractivity contribution in [2.45, 2.75) is 52.1 Å². The van der Waals surface area contributed by atoms with Crippen LogP contribution in [0.1, 0.15) is 44.2 Å². The number of rotatable bonds is 10. The van der Waals surface area contributed by atoms with E-state index in [1.54, 1.807) is 29.2 Å². The van der Waals surface area contributed by atoms with Gasteiger partial charge in [-0.2, -0.15) is 0 Å². The molecule has 0 saturated carbocycles. The van der Waals surface area contributed by atoms with Gasteiger partial charge in [0.25, 0.3) is 0 Å². The van der Waals surface area contributed by atoms with Gasteiger partial charge in [-0.1, -0.05) is 79.3 Å². The number of unbranched alkanes of at least 4 members (excludes halogenated alkanes) is 1. The Kier molecular flexibility index (Phi) is 9.96. The molecule has 0 aliphatic heterocycles. The summed E-state index contributed by atoms with van der Waals surface area (Å²) in [4.78, 5) is 27.7. The fourth-order valence-corrected chi connectivity index (χ4v) is 3.84. The van der Waals surface area contributed by atoms with Crippen molar-refractivity contribution in [2.24, 2.45) is 0 Å². The molecule has 0 radical (unpaired) electrons. The summed E-state index contributed by atoms with van der Waals surface area (Å²) in [5.41, 5.74) is 1.45. The summed E-state index contributed by atoms with van der Waals surface area (Å²) in [6.07, 6.45) is 2.45. The Bertz CT molecular complexity index is 873. The zero-order valence-electron chi connectivity index (χ0n) is 17.3. The molecule has 2 amide bonds. The Morgan fingerprint density at radius 3 is 2.37 bits per heavy atom. The monoisotopic (exact) mass is 468 g/mol. The first-order chi connectivity index (χ1) is 14.4. The van der Waals surface area contributed by atoms with Gasteiger partial charge < -0.3 is 10.2 Å². The first-order valence-corrected chi connectivity index (χ1v) is 11.2. The lowest BCUT2D eigenvalue weighted by Gasteiger charge is -2.31. The van der Waals surface area contributed by atoms with Crippen molar-refractivity contribution in [3.63, 3.8) is 0 Å². The first-order valence-electron chi connectivity index (χ1n) is 10.1. The van der Waals surface area contributed by atoms with Gasteiger partial charge in [0.2, 0.25) is 11.8 Å². The van der Waals surface area contributed by atoms with Crippen LogP contribution in [0, 0.1) is 0 Å².